The zero-order valence-electron chi connectivity index (χ0n) is 22.3. The van der Waals surface area contributed by atoms with Gasteiger partial charge in [-0.15, -0.1) is 0 Å². The molecule has 1 aliphatic heterocycles. The Kier molecular flexibility index (Phi) is 9.28. The number of carbonyl (C=O) groups excluding carboxylic acids is 1. The van der Waals surface area contributed by atoms with Gasteiger partial charge in [0.15, 0.2) is 5.78 Å². The number of Topliss-reactive ketones (excluding diaryl/α,β-unsaturated/α-hetero) is 1. The highest BCUT2D eigenvalue weighted by Gasteiger charge is 2.39. The minimum Gasteiger partial charge on any atom is -0.506 e. The van der Waals surface area contributed by atoms with Gasteiger partial charge in [0.05, 0.1) is 11.7 Å². The van der Waals surface area contributed by atoms with Gasteiger partial charge in [-0.25, -0.2) is 0 Å². The van der Waals surface area contributed by atoms with Crippen LogP contribution in [0.25, 0.3) is 0 Å². The summed E-state index contributed by atoms with van der Waals surface area (Å²) in [7, 11) is 0. The van der Waals surface area contributed by atoms with Crippen LogP contribution in [0.4, 0.5) is 11.4 Å². The number of rotatable bonds is 6. The molecule has 1 aliphatic carbocycles. The van der Waals surface area contributed by atoms with Crippen LogP contribution in [-0.2, 0) is 4.79 Å². The van der Waals surface area contributed by atoms with E-state index in [4.69, 9.17) is 16.3 Å². The zero-order valence-corrected chi connectivity index (χ0v) is 23.1. The smallest absolute Gasteiger partial charge is 0.163 e. The molecule has 2 aromatic rings. The highest BCUT2D eigenvalue weighted by atomic mass is 35.5. The number of halogens is 1. The van der Waals surface area contributed by atoms with Crippen molar-refractivity contribution in [2.75, 3.05) is 17.2 Å². The number of benzene rings is 2. The molecule has 0 fully saturated rings. The summed E-state index contributed by atoms with van der Waals surface area (Å²) >= 11 is 6.78. The molecule has 0 saturated carbocycles. The molecule has 1 atom stereocenters. The number of hydrogen-bond acceptors (Lipinski definition) is 5. The molecular weight excluding hydrogens is 484 g/mol. The van der Waals surface area contributed by atoms with Gasteiger partial charge < -0.3 is 20.5 Å². The van der Waals surface area contributed by atoms with Crippen LogP contribution in [0, 0.1) is 5.41 Å². The normalized spacial score (nSPS) is 18.5. The van der Waals surface area contributed by atoms with Gasteiger partial charge in [0, 0.05) is 22.7 Å². The van der Waals surface area contributed by atoms with Crippen LogP contribution in [0.15, 0.2) is 84.1 Å². The fraction of sp³-hybridized carbons (Fsp3) is 0.323. The number of anilines is 2. The lowest BCUT2D eigenvalue weighted by molar-refractivity contribution is -0.118. The van der Waals surface area contributed by atoms with E-state index in [-0.39, 0.29) is 16.9 Å². The number of ketones is 1. The Morgan fingerprint density at radius 1 is 1.24 bits per heavy atom. The third kappa shape index (κ3) is 6.47. The number of hydrogen-bond donors (Lipinski definition) is 3. The van der Waals surface area contributed by atoms with E-state index in [1.807, 2.05) is 57.2 Å². The summed E-state index contributed by atoms with van der Waals surface area (Å²) in [5, 5.41) is 17.8. The Labute approximate surface area is 225 Å². The Morgan fingerprint density at radius 3 is 2.68 bits per heavy atom. The first kappa shape index (κ1) is 28.1. The van der Waals surface area contributed by atoms with E-state index in [2.05, 4.69) is 31.1 Å². The van der Waals surface area contributed by atoms with Crippen molar-refractivity contribution in [2.45, 2.75) is 53.5 Å². The van der Waals surface area contributed by atoms with Gasteiger partial charge in [-0.1, -0.05) is 82.3 Å². The van der Waals surface area contributed by atoms with Gasteiger partial charge in [-0.2, -0.15) is 0 Å². The van der Waals surface area contributed by atoms with Gasteiger partial charge in [-0.05, 0) is 54.2 Å². The van der Waals surface area contributed by atoms with Crippen molar-refractivity contribution in [3.05, 3.63) is 94.7 Å². The SMILES string of the molecule is C=C/C=C\C(=C/C)COc1ccc(C2Nc3cccc(O)c3NC3=C2C(=O)CC(C)(C)C3)c(Cl)c1.CC. The van der Waals surface area contributed by atoms with E-state index in [1.54, 1.807) is 24.3 Å². The molecular formula is C31H37ClN2O3. The van der Waals surface area contributed by atoms with E-state index in [1.165, 1.54) is 0 Å². The van der Waals surface area contributed by atoms with Gasteiger partial charge in [-0.3, -0.25) is 4.79 Å². The van der Waals surface area contributed by atoms with E-state index in [0.29, 0.717) is 47.2 Å². The number of fused-ring (bicyclic) bond motifs is 1. The van der Waals surface area contributed by atoms with Crippen LogP contribution < -0.4 is 15.4 Å². The molecule has 3 N–H and O–H groups in total. The largest absolute Gasteiger partial charge is 0.506 e. The summed E-state index contributed by atoms with van der Waals surface area (Å²) in [6.07, 6.45) is 8.64. The number of allylic oxidation sites excluding steroid dienone is 4. The third-order valence-corrected chi connectivity index (χ3v) is 6.66. The van der Waals surface area contributed by atoms with Crippen LogP contribution in [0.3, 0.4) is 0 Å². The molecule has 1 heterocycles. The van der Waals surface area contributed by atoms with E-state index >= 15 is 0 Å². The highest BCUT2D eigenvalue weighted by molar-refractivity contribution is 6.31. The lowest BCUT2D eigenvalue weighted by Gasteiger charge is -2.34. The molecule has 37 heavy (non-hydrogen) atoms. The van der Waals surface area contributed by atoms with E-state index in [0.717, 1.165) is 16.8 Å². The molecule has 196 valence electrons. The summed E-state index contributed by atoms with van der Waals surface area (Å²) in [6, 6.07) is 10.4. The summed E-state index contributed by atoms with van der Waals surface area (Å²) in [5.41, 5.74) is 4.34. The molecule has 0 saturated heterocycles. The van der Waals surface area contributed by atoms with Crippen molar-refractivity contribution in [1.29, 1.82) is 0 Å². The second-order valence-corrected chi connectivity index (χ2v) is 10.1. The van der Waals surface area contributed by atoms with Crippen molar-refractivity contribution in [3.8, 4) is 11.5 Å². The standard InChI is InChI=1S/C29H31ClN2O3.C2H6/c1-5-7-9-18(6-2)17-35-19-12-13-20(21(30)14-19)27-26-23(15-29(3,4)16-25(26)34)32-28-22(31-27)10-8-11-24(28)33;1-2/h5-14,27,31-33H,1,15-17H2,2-4H3;1-2H3/b9-7-,18-6+;. The molecule has 0 bridgehead atoms. The number of para-hydroxylation sites is 1. The Hall–Kier alpha value is -3.44. The molecule has 6 heteroatoms. The minimum atomic E-state index is -0.465. The average molecular weight is 521 g/mol. The van der Waals surface area contributed by atoms with Crippen molar-refractivity contribution < 1.29 is 14.6 Å². The molecule has 2 aliphatic rings. The van der Waals surface area contributed by atoms with Crippen molar-refractivity contribution in [2.24, 2.45) is 5.41 Å². The van der Waals surface area contributed by atoms with Crippen molar-refractivity contribution in [3.63, 3.8) is 0 Å². The molecule has 4 rings (SSSR count). The van der Waals surface area contributed by atoms with Crippen LogP contribution in [-0.4, -0.2) is 17.5 Å². The first-order chi connectivity index (χ1) is 17.7. The van der Waals surface area contributed by atoms with Crippen molar-refractivity contribution >= 4 is 28.8 Å². The van der Waals surface area contributed by atoms with Crippen molar-refractivity contribution in [1.82, 2.24) is 0 Å². The van der Waals surface area contributed by atoms with E-state index in [9.17, 15) is 9.90 Å². The summed E-state index contributed by atoms with van der Waals surface area (Å²) in [4.78, 5) is 13.4. The number of ether oxygens (including phenoxy) is 1. The average Bonchev–Trinajstić information content (AvgIpc) is 3.02. The molecule has 5 nitrogen and oxygen atoms in total. The van der Waals surface area contributed by atoms with Gasteiger partial charge in [0.1, 0.15) is 23.8 Å². The maximum absolute atomic E-state index is 13.4. The number of phenolic OH excluding ortho intramolecular Hbond substituents is 1. The monoisotopic (exact) mass is 520 g/mol. The molecule has 1 unspecified atom stereocenters. The number of phenols is 1. The zero-order chi connectivity index (χ0) is 27.2. The molecule has 0 radical (unpaired) electrons. The summed E-state index contributed by atoms with van der Waals surface area (Å²) < 4.78 is 5.95. The fourth-order valence-corrected chi connectivity index (χ4v) is 4.88. The van der Waals surface area contributed by atoms with Crippen LogP contribution in [0.5, 0.6) is 11.5 Å². The fourth-order valence-electron chi connectivity index (χ4n) is 4.60. The second-order valence-electron chi connectivity index (χ2n) is 9.67. The predicted octanol–water partition coefficient (Wildman–Crippen LogP) is 8.36. The van der Waals surface area contributed by atoms with Gasteiger partial charge in [0.25, 0.3) is 0 Å². The number of nitrogens with one attached hydrogen (secondary N) is 2. The topological polar surface area (TPSA) is 70.6 Å². The predicted molar refractivity (Wildman–Crippen MR) is 155 cm³/mol. The highest BCUT2D eigenvalue weighted by Crippen LogP contribution is 2.48. The van der Waals surface area contributed by atoms with Crippen LogP contribution in [0.2, 0.25) is 5.02 Å². The number of carbonyl (C=O) groups is 1. The molecule has 2 aromatic carbocycles. The molecule has 0 amide bonds. The quantitative estimate of drug-likeness (QED) is 0.263. The summed E-state index contributed by atoms with van der Waals surface area (Å²) in [5.74, 6) is 0.829. The first-order valence-electron chi connectivity index (χ1n) is 12.7. The van der Waals surface area contributed by atoms with E-state index < -0.39 is 6.04 Å². The summed E-state index contributed by atoms with van der Waals surface area (Å²) in [6.45, 7) is 14.2. The minimum absolute atomic E-state index is 0.0664. The van der Waals surface area contributed by atoms with Gasteiger partial charge >= 0.3 is 0 Å². The van der Waals surface area contributed by atoms with Crippen LogP contribution >= 0.6 is 11.6 Å². The lowest BCUT2D eigenvalue weighted by Crippen LogP contribution is -2.31. The van der Waals surface area contributed by atoms with Crippen LogP contribution in [0.1, 0.15) is 59.1 Å². The van der Waals surface area contributed by atoms with Gasteiger partial charge in [0.2, 0.25) is 0 Å². The third-order valence-electron chi connectivity index (χ3n) is 6.33. The Bertz CT molecular complexity index is 1260. The second kappa shape index (κ2) is 12.2. The number of aromatic hydroxyl groups is 1. The maximum Gasteiger partial charge on any atom is 0.163 e. The molecule has 0 aromatic heterocycles. The first-order valence-corrected chi connectivity index (χ1v) is 13.1. The Morgan fingerprint density at radius 2 is 2.00 bits per heavy atom. The maximum atomic E-state index is 13.4. The molecule has 0 spiro atoms. The Balaban J connectivity index is 0.00000186. The lowest BCUT2D eigenvalue weighted by atomic mass is 9.73.